The highest BCUT2D eigenvalue weighted by Crippen LogP contribution is 2.27. The Morgan fingerprint density at radius 3 is 2.74 bits per heavy atom. The highest BCUT2D eigenvalue weighted by Gasteiger charge is 2.35. The van der Waals surface area contributed by atoms with E-state index in [1.54, 1.807) is 0 Å². The van der Waals surface area contributed by atoms with Crippen LogP contribution in [-0.4, -0.2) is 88.8 Å². The molecule has 2 fully saturated rings. The molecule has 1 aromatic heterocycles. The molecule has 3 rings (SSSR count). The van der Waals surface area contributed by atoms with Crippen LogP contribution >= 0.6 is 0 Å². The molecule has 150 valence electrons. The number of aromatic nitrogens is 2. The summed E-state index contributed by atoms with van der Waals surface area (Å²) in [4.78, 5) is 40.6. The lowest BCUT2D eigenvalue weighted by Crippen LogP contribution is -2.43. The van der Waals surface area contributed by atoms with Gasteiger partial charge in [-0.25, -0.2) is 4.79 Å². The maximum Gasteiger partial charge on any atom is 0.330 e. The number of nitrogens with zero attached hydrogens (tertiary/aromatic N) is 2. The predicted octanol–water partition coefficient (Wildman–Crippen LogP) is -2.76. The Labute approximate surface area is 154 Å². The molecule has 0 bridgehead atoms. The van der Waals surface area contributed by atoms with Crippen molar-refractivity contribution < 1.29 is 24.5 Å². The summed E-state index contributed by atoms with van der Waals surface area (Å²) in [5.74, 6) is -0.601. The molecule has 11 heteroatoms. The summed E-state index contributed by atoms with van der Waals surface area (Å²) in [7, 11) is 0. The molecule has 27 heavy (non-hydrogen) atoms. The fourth-order valence-corrected chi connectivity index (χ4v) is 3.16. The highest BCUT2D eigenvalue weighted by atomic mass is 16.5. The molecule has 3 atom stereocenters. The third-order valence-electron chi connectivity index (χ3n) is 4.72. The third-order valence-corrected chi connectivity index (χ3v) is 4.72. The van der Waals surface area contributed by atoms with Crippen molar-refractivity contribution in [2.24, 2.45) is 0 Å². The van der Waals surface area contributed by atoms with E-state index in [1.165, 1.54) is 0 Å². The van der Waals surface area contributed by atoms with Gasteiger partial charge < -0.3 is 25.0 Å². The van der Waals surface area contributed by atoms with Crippen molar-refractivity contribution in [1.29, 1.82) is 0 Å². The van der Waals surface area contributed by atoms with Gasteiger partial charge in [-0.15, -0.1) is 0 Å². The van der Waals surface area contributed by atoms with Crippen LogP contribution in [0.25, 0.3) is 0 Å². The minimum atomic E-state index is -0.940. The van der Waals surface area contributed by atoms with E-state index in [9.17, 15) is 19.5 Å². The van der Waals surface area contributed by atoms with Gasteiger partial charge in [0.25, 0.3) is 11.5 Å². The molecule has 2 saturated heterocycles. The summed E-state index contributed by atoms with van der Waals surface area (Å²) < 4.78 is 11.7. The molecule has 3 heterocycles. The van der Waals surface area contributed by atoms with E-state index in [2.05, 4.69) is 15.2 Å². The zero-order chi connectivity index (χ0) is 19.4. The van der Waals surface area contributed by atoms with Gasteiger partial charge in [-0.3, -0.25) is 24.0 Å². The maximum atomic E-state index is 12.4. The van der Waals surface area contributed by atoms with Crippen molar-refractivity contribution in [1.82, 2.24) is 19.8 Å². The molecule has 3 unspecified atom stereocenters. The number of nitrogens with one attached hydrogen (secondary N) is 2. The lowest BCUT2D eigenvalue weighted by atomic mass is 10.2. The third kappa shape index (κ3) is 4.62. The molecule has 0 aromatic carbocycles. The van der Waals surface area contributed by atoms with Crippen molar-refractivity contribution in [3.8, 4) is 0 Å². The molecule has 2 aliphatic rings. The quantitative estimate of drug-likeness (QED) is 0.413. The Kier molecular flexibility index (Phi) is 6.39. The second-order valence-electron chi connectivity index (χ2n) is 6.53. The van der Waals surface area contributed by atoms with Crippen LogP contribution < -0.4 is 16.6 Å². The van der Waals surface area contributed by atoms with E-state index >= 15 is 0 Å². The lowest BCUT2D eigenvalue weighted by Gasteiger charge is -2.26. The molecular formula is C16H24N4O7. The number of H-pyrrole nitrogens is 1. The van der Waals surface area contributed by atoms with Gasteiger partial charge in [0.15, 0.2) is 0 Å². The summed E-state index contributed by atoms with van der Waals surface area (Å²) >= 11 is 0. The Balaban J connectivity index is 1.67. The van der Waals surface area contributed by atoms with Crippen LogP contribution in [0.2, 0.25) is 0 Å². The van der Waals surface area contributed by atoms with Crippen molar-refractivity contribution in [2.75, 3.05) is 46.0 Å². The first-order valence-electron chi connectivity index (χ1n) is 8.87. The number of amides is 1. The van der Waals surface area contributed by atoms with E-state index in [0.29, 0.717) is 26.3 Å². The predicted molar refractivity (Wildman–Crippen MR) is 92.5 cm³/mol. The summed E-state index contributed by atoms with van der Waals surface area (Å²) in [5, 5.41) is 21.6. The molecule has 1 aromatic rings. The van der Waals surface area contributed by atoms with Crippen LogP contribution in [0.1, 0.15) is 23.0 Å². The van der Waals surface area contributed by atoms with Crippen molar-refractivity contribution >= 4 is 5.91 Å². The lowest BCUT2D eigenvalue weighted by molar-refractivity contribution is -0.0459. The molecule has 11 nitrogen and oxygen atoms in total. The van der Waals surface area contributed by atoms with Crippen molar-refractivity contribution in [3.63, 3.8) is 0 Å². The summed E-state index contributed by atoms with van der Waals surface area (Å²) in [6.45, 7) is 3.46. The zero-order valence-electron chi connectivity index (χ0n) is 14.8. The molecule has 0 aliphatic carbocycles. The molecule has 4 N–H and O–H groups in total. The Morgan fingerprint density at radius 1 is 1.33 bits per heavy atom. The Bertz CT molecular complexity index is 771. The summed E-state index contributed by atoms with van der Waals surface area (Å²) in [5.41, 5.74) is -1.76. The number of aliphatic hydroxyl groups is 2. The van der Waals surface area contributed by atoms with Gasteiger partial charge in [-0.05, 0) is 0 Å². The number of carbonyl (C=O) groups is 1. The molecule has 0 saturated carbocycles. The maximum absolute atomic E-state index is 12.4. The average molecular weight is 384 g/mol. The van der Waals surface area contributed by atoms with E-state index in [4.69, 9.17) is 14.6 Å². The van der Waals surface area contributed by atoms with Crippen LogP contribution in [0, 0.1) is 0 Å². The molecule has 0 radical (unpaired) electrons. The second-order valence-corrected chi connectivity index (χ2v) is 6.53. The minimum Gasteiger partial charge on any atom is -0.394 e. The van der Waals surface area contributed by atoms with Gasteiger partial charge in [0, 0.05) is 38.8 Å². The number of aromatic amines is 1. The standard InChI is InChI=1S/C16H24N4O7/c21-9-12-11(22)7-13(27-12)20-8-10(15(24)18-16(20)25)14(23)17-1-2-19-3-5-26-6-4-19/h8,11-13,21-22H,1-7,9H2,(H,17,23)(H,18,24,25). The molecular weight excluding hydrogens is 360 g/mol. The first-order chi connectivity index (χ1) is 13.0. The number of hydrogen-bond donors (Lipinski definition) is 4. The number of aliphatic hydroxyl groups excluding tert-OH is 2. The Hall–Kier alpha value is -2.05. The highest BCUT2D eigenvalue weighted by molar-refractivity contribution is 5.93. The fraction of sp³-hybridized carbons (Fsp3) is 0.688. The van der Waals surface area contributed by atoms with Crippen molar-refractivity contribution in [2.45, 2.75) is 24.9 Å². The Morgan fingerprint density at radius 2 is 2.07 bits per heavy atom. The monoisotopic (exact) mass is 384 g/mol. The van der Waals surface area contributed by atoms with Crippen LogP contribution in [0.15, 0.2) is 15.8 Å². The number of carbonyl (C=O) groups excluding carboxylic acids is 1. The molecule has 1 amide bonds. The average Bonchev–Trinajstić information content (AvgIpc) is 3.03. The van der Waals surface area contributed by atoms with Crippen LogP contribution in [-0.2, 0) is 9.47 Å². The first kappa shape index (κ1) is 19.7. The zero-order valence-corrected chi connectivity index (χ0v) is 14.8. The van der Waals surface area contributed by atoms with E-state index in [-0.39, 0.29) is 12.0 Å². The van der Waals surface area contributed by atoms with E-state index in [0.717, 1.165) is 23.9 Å². The van der Waals surface area contributed by atoms with E-state index < -0.39 is 42.2 Å². The van der Waals surface area contributed by atoms with Crippen molar-refractivity contribution in [3.05, 3.63) is 32.6 Å². The van der Waals surface area contributed by atoms with Crippen LogP contribution in [0.5, 0.6) is 0 Å². The van der Waals surface area contributed by atoms with Crippen LogP contribution in [0.4, 0.5) is 0 Å². The molecule has 2 aliphatic heterocycles. The van der Waals surface area contributed by atoms with Gasteiger partial charge in [0.05, 0.1) is 25.9 Å². The molecule has 0 spiro atoms. The second kappa shape index (κ2) is 8.76. The number of hydrogen-bond acceptors (Lipinski definition) is 8. The van der Waals surface area contributed by atoms with Crippen LogP contribution in [0.3, 0.4) is 0 Å². The number of morpholine rings is 1. The van der Waals surface area contributed by atoms with Gasteiger partial charge in [0.1, 0.15) is 17.9 Å². The smallest absolute Gasteiger partial charge is 0.330 e. The van der Waals surface area contributed by atoms with E-state index in [1.807, 2.05) is 0 Å². The number of rotatable bonds is 6. The number of ether oxygens (including phenoxy) is 2. The SMILES string of the molecule is O=C(NCCN1CCOCC1)c1cn(C2CC(O)C(CO)O2)c(=O)[nH]c1=O. The topological polar surface area (TPSA) is 146 Å². The largest absolute Gasteiger partial charge is 0.394 e. The van der Waals surface area contributed by atoms with Gasteiger partial charge in [-0.1, -0.05) is 0 Å². The summed E-state index contributed by atoms with van der Waals surface area (Å²) in [6.07, 6.45) is -1.44. The fourth-order valence-electron chi connectivity index (χ4n) is 3.16. The first-order valence-corrected chi connectivity index (χ1v) is 8.87. The summed E-state index contributed by atoms with van der Waals surface area (Å²) in [6, 6.07) is 0. The van der Waals surface area contributed by atoms with Gasteiger partial charge in [-0.2, -0.15) is 0 Å². The minimum absolute atomic E-state index is 0.0647. The van der Waals surface area contributed by atoms with Gasteiger partial charge >= 0.3 is 5.69 Å². The van der Waals surface area contributed by atoms with Gasteiger partial charge in [0.2, 0.25) is 0 Å². The normalized spacial score (nSPS) is 26.2.